The predicted molar refractivity (Wildman–Crippen MR) is 88.8 cm³/mol. The van der Waals surface area contributed by atoms with Crippen molar-refractivity contribution < 1.29 is 4.74 Å². The van der Waals surface area contributed by atoms with Crippen LogP contribution in [0.4, 0.5) is 0 Å². The summed E-state index contributed by atoms with van der Waals surface area (Å²) >= 11 is 0. The van der Waals surface area contributed by atoms with Gasteiger partial charge < -0.3 is 10.1 Å². The van der Waals surface area contributed by atoms with Gasteiger partial charge >= 0.3 is 0 Å². The van der Waals surface area contributed by atoms with Crippen LogP contribution in [0.2, 0.25) is 0 Å². The minimum absolute atomic E-state index is 0.284. The first kappa shape index (κ1) is 15.6. The molecule has 112 valence electrons. The van der Waals surface area contributed by atoms with Gasteiger partial charge in [-0.25, -0.2) is 0 Å². The zero-order valence-corrected chi connectivity index (χ0v) is 13.4. The maximum Gasteiger partial charge on any atom is 0.119 e. The minimum Gasteiger partial charge on any atom is -0.497 e. The molecule has 21 heavy (non-hydrogen) atoms. The van der Waals surface area contributed by atoms with E-state index in [1.54, 1.807) is 7.11 Å². The van der Waals surface area contributed by atoms with Crippen molar-refractivity contribution in [2.75, 3.05) is 7.11 Å². The van der Waals surface area contributed by atoms with Crippen LogP contribution in [0, 0.1) is 6.92 Å². The zero-order chi connectivity index (χ0) is 15.2. The van der Waals surface area contributed by atoms with Crippen molar-refractivity contribution in [3.05, 3.63) is 65.2 Å². The van der Waals surface area contributed by atoms with Gasteiger partial charge in [0.05, 0.1) is 7.11 Å². The molecule has 2 rings (SSSR count). The first-order valence-electron chi connectivity index (χ1n) is 7.60. The molecule has 0 aliphatic carbocycles. The molecule has 0 heterocycles. The van der Waals surface area contributed by atoms with Gasteiger partial charge in [-0.15, -0.1) is 0 Å². The van der Waals surface area contributed by atoms with Crippen molar-refractivity contribution >= 4 is 0 Å². The summed E-state index contributed by atoms with van der Waals surface area (Å²) in [6, 6.07) is 17.7. The molecule has 0 bridgehead atoms. The Kier molecular flexibility index (Phi) is 5.40. The van der Waals surface area contributed by atoms with Gasteiger partial charge in [-0.2, -0.15) is 0 Å². The fourth-order valence-electron chi connectivity index (χ4n) is 2.56. The van der Waals surface area contributed by atoms with Gasteiger partial charge in [-0.3, -0.25) is 0 Å². The molecule has 0 aliphatic heterocycles. The highest BCUT2D eigenvalue weighted by molar-refractivity contribution is 5.31. The molecule has 0 amide bonds. The van der Waals surface area contributed by atoms with Gasteiger partial charge in [-0.05, 0) is 43.5 Å². The standard InChI is InChI=1S/C19H25NO/c1-5-19(16-11-9-14(2)10-12-16)20-15(3)17-7-6-8-18(13-17)21-4/h6-13,15,19-20H,5H2,1-4H3/t15-,19?/m0/s1. The molecule has 0 radical (unpaired) electrons. The highest BCUT2D eigenvalue weighted by Crippen LogP contribution is 2.24. The van der Waals surface area contributed by atoms with Crippen molar-refractivity contribution in [3.63, 3.8) is 0 Å². The fraction of sp³-hybridized carbons (Fsp3) is 0.368. The van der Waals surface area contributed by atoms with Gasteiger partial charge in [0.25, 0.3) is 0 Å². The van der Waals surface area contributed by atoms with Crippen molar-refractivity contribution in [2.24, 2.45) is 0 Å². The maximum atomic E-state index is 5.31. The van der Waals surface area contributed by atoms with Gasteiger partial charge in [0.1, 0.15) is 5.75 Å². The second kappa shape index (κ2) is 7.28. The third-order valence-electron chi connectivity index (χ3n) is 3.93. The largest absolute Gasteiger partial charge is 0.497 e. The Morgan fingerprint density at radius 2 is 1.76 bits per heavy atom. The lowest BCUT2D eigenvalue weighted by Gasteiger charge is -2.23. The summed E-state index contributed by atoms with van der Waals surface area (Å²) in [7, 11) is 1.71. The number of aryl methyl sites for hydroxylation is 1. The van der Waals surface area contributed by atoms with E-state index in [-0.39, 0.29) is 6.04 Å². The van der Waals surface area contributed by atoms with Crippen LogP contribution in [0.5, 0.6) is 5.75 Å². The average Bonchev–Trinajstić information content (AvgIpc) is 2.53. The third-order valence-corrected chi connectivity index (χ3v) is 3.93. The van der Waals surface area contributed by atoms with E-state index in [0.29, 0.717) is 6.04 Å². The van der Waals surface area contributed by atoms with Crippen LogP contribution in [0.25, 0.3) is 0 Å². The van der Waals surface area contributed by atoms with E-state index in [4.69, 9.17) is 4.74 Å². The summed E-state index contributed by atoms with van der Waals surface area (Å²) in [5.41, 5.74) is 3.90. The van der Waals surface area contributed by atoms with E-state index in [0.717, 1.165) is 12.2 Å². The molecule has 2 aromatic rings. The maximum absolute atomic E-state index is 5.31. The number of ether oxygens (including phenoxy) is 1. The number of nitrogens with one attached hydrogen (secondary N) is 1. The molecule has 1 unspecified atom stereocenters. The molecule has 1 N–H and O–H groups in total. The van der Waals surface area contributed by atoms with Gasteiger partial charge in [-0.1, -0.05) is 48.9 Å². The Balaban J connectivity index is 2.11. The van der Waals surface area contributed by atoms with Gasteiger partial charge in [0.2, 0.25) is 0 Å². The first-order valence-corrected chi connectivity index (χ1v) is 7.60. The quantitative estimate of drug-likeness (QED) is 0.821. The smallest absolute Gasteiger partial charge is 0.119 e. The molecule has 2 nitrogen and oxygen atoms in total. The predicted octanol–water partition coefficient (Wildman–Crippen LogP) is 4.81. The molecule has 0 fully saturated rings. The summed E-state index contributed by atoms with van der Waals surface area (Å²) in [4.78, 5) is 0. The lowest BCUT2D eigenvalue weighted by Crippen LogP contribution is -2.24. The second-order valence-corrected chi connectivity index (χ2v) is 5.54. The van der Waals surface area contributed by atoms with Crippen LogP contribution >= 0.6 is 0 Å². The van der Waals surface area contributed by atoms with Crippen LogP contribution in [-0.4, -0.2) is 7.11 Å². The van der Waals surface area contributed by atoms with Crippen LogP contribution in [0.3, 0.4) is 0 Å². The average molecular weight is 283 g/mol. The Hall–Kier alpha value is -1.80. The minimum atomic E-state index is 0.284. The highest BCUT2D eigenvalue weighted by Gasteiger charge is 2.14. The summed E-state index contributed by atoms with van der Waals surface area (Å²) in [6.45, 7) is 6.54. The number of hydrogen-bond acceptors (Lipinski definition) is 2. The second-order valence-electron chi connectivity index (χ2n) is 5.54. The summed E-state index contributed by atoms with van der Waals surface area (Å²) in [6.07, 6.45) is 1.07. The molecule has 0 aliphatic rings. The number of methoxy groups -OCH3 is 1. The monoisotopic (exact) mass is 283 g/mol. The van der Waals surface area contributed by atoms with Crippen molar-refractivity contribution in [2.45, 2.75) is 39.3 Å². The van der Waals surface area contributed by atoms with Gasteiger partial charge in [0, 0.05) is 12.1 Å². The number of benzene rings is 2. The molecular formula is C19H25NO. The first-order chi connectivity index (χ1) is 10.1. The van der Waals surface area contributed by atoms with Crippen molar-refractivity contribution in [1.29, 1.82) is 0 Å². The molecule has 0 saturated heterocycles. The Morgan fingerprint density at radius 3 is 2.38 bits per heavy atom. The molecular weight excluding hydrogens is 258 g/mol. The lowest BCUT2D eigenvalue weighted by atomic mass is 10.0. The van der Waals surface area contributed by atoms with E-state index in [9.17, 15) is 0 Å². The van der Waals surface area contributed by atoms with E-state index in [1.165, 1.54) is 16.7 Å². The normalized spacial score (nSPS) is 13.7. The molecule has 2 atom stereocenters. The molecule has 2 aromatic carbocycles. The Morgan fingerprint density at radius 1 is 1.05 bits per heavy atom. The van der Waals surface area contributed by atoms with E-state index in [2.05, 4.69) is 62.5 Å². The van der Waals surface area contributed by atoms with Crippen molar-refractivity contribution in [1.82, 2.24) is 5.32 Å². The van der Waals surface area contributed by atoms with Crippen LogP contribution in [0.1, 0.15) is 49.0 Å². The molecule has 0 spiro atoms. The molecule has 2 heteroatoms. The zero-order valence-electron chi connectivity index (χ0n) is 13.4. The van der Waals surface area contributed by atoms with Gasteiger partial charge in [0.15, 0.2) is 0 Å². The Bertz CT molecular complexity index is 562. The van der Waals surface area contributed by atoms with E-state index >= 15 is 0 Å². The Labute approximate surface area is 128 Å². The highest BCUT2D eigenvalue weighted by atomic mass is 16.5. The van der Waals surface area contributed by atoms with Crippen LogP contribution in [-0.2, 0) is 0 Å². The van der Waals surface area contributed by atoms with Crippen LogP contribution < -0.4 is 10.1 Å². The SMILES string of the molecule is CCC(N[C@@H](C)c1cccc(OC)c1)c1ccc(C)cc1. The number of rotatable bonds is 6. The van der Waals surface area contributed by atoms with E-state index in [1.807, 2.05) is 12.1 Å². The number of hydrogen-bond donors (Lipinski definition) is 1. The summed E-state index contributed by atoms with van der Waals surface area (Å²) < 4.78 is 5.31. The summed E-state index contributed by atoms with van der Waals surface area (Å²) in [5.74, 6) is 0.907. The van der Waals surface area contributed by atoms with Crippen molar-refractivity contribution in [3.8, 4) is 5.75 Å². The van der Waals surface area contributed by atoms with Crippen LogP contribution in [0.15, 0.2) is 48.5 Å². The topological polar surface area (TPSA) is 21.3 Å². The molecule has 0 saturated carbocycles. The lowest BCUT2D eigenvalue weighted by molar-refractivity contribution is 0.411. The van der Waals surface area contributed by atoms with E-state index < -0.39 is 0 Å². The third kappa shape index (κ3) is 4.08. The molecule has 0 aromatic heterocycles. The summed E-state index contributed by atoms with van der Waals surface area (Å²) in [5, 5.41) is 3.71. The fourth-order valence-corrected chi connectivity index (χ4v) is 2.56.